The van der Waals surface area contributed by atoms with Gasteiger partial charge in [0.15, 0.2) is 0 Å². The molecule has 0 atom stereocenters. The van der Waals surface area contributed by atoms with E-state index >= 15 is 0 Å². The van der Waals surface area contributed by atoms with Crippen LogP contribution >= 0.6 is 23.4 Å². The predicted molar refractivity (Wildman–Crippen MR) is 129 cm³/mol. The van der Waals surface area contributed by atoms with E-state index in [1.54, 1.807) is 11.8 Å². The Morgan fingerprint density at radius 1 is 0.900 bits per heavy atom. The molecule has 0 aliphatic carbocycles. The molecule has 1 fully saturated rings. The topological polar surface area (TPSA) is 12.5 Å². The van der Waals surface area contributed by atoms with Crippen molar-refractivity contribution in [1.82, 2.24) is 4.90 Å². The van der Waals surface area contributed by atoms with Crippen LogP contribution in [0.25, 0.3) is 11.1 Å². The van der Waals surface area contributed by atoms with Gasteiger partial charge >= 0.3 is 0 Å². The standard InChI is InChI=1S/C26H28ClNOS/c1-30-25-12-8-22(9-13-25)21-6-10-24(11-7-21)29-19-20-14-16-28(17-15-20)18-23-4-2-3-5-26(23)27/h2-13,20H,14-19H2,1H3. The van der Waals surface area contributed by atoms with Gasteiger partial charge in [0, 0.05) is 16.5 Å². The molecular formula is C26H28ClNOS. The Morgan fingerprint density at radius 2 is 1.53 bits per heavy atom. The van der Waals surface area contributed by atoms with Crippen LogP contribution in [0.5, 0.6) is 5.75 Å². The highest BCUT2D eigenvalue weighted by atomic mass is 35.5. The summed E-state index contributed by atoms with van der Waals surface area (Å²) >= 11 is 8.07. The highest BCUT2D eigenvalue weighted by Crippen LogP contribution is 2.26. The summed E-state index contributed by atoms with van der Waals surface area (Å²) in [6.45, 7) is 3.93. The number of ether oxygens (including phenoxy) is 1. The Hall–Kier alpha value is -1.94. The van der Waals surface area contributed by atoms with Crippen molar-refractivity contribution in [2.24, 2.45) is 5.92 Å². The third-order valence-electron chi connectivity index (χ3n) is 5.82. The van der Waals surface area contributed by atoms with E-state index in [0.29, 0.717) is 5.92 Å². The van der Waals surface area contributed by atoms with Gasteiger partial charge in [-0.25, -0.2) is 0 Å². The third kappa shape index (κ3) is 5.60. The van der Waals surface area contributed by atoms with Crippen molar-refractivity contribution in [1.29, 1.82) is 0 Å². The van der Waals surface area contributed by atoms with Gasteiger partial charge in [-0.3, -0.25) is 4.90 Å². The predicted octanol–water partition coefficient (Wildman–Crippen LogP) is 7.02. The quantitative estimate of drug-likeness (QED) is 0.368. The molecule has 1 saturated heterocycles. The van der Waals surface area contributed by atoms with E-state index in [1.165, 1.54) is 34.4 Å². The molecule has 1 heterocycles. The highest BCUT2D eigenvalue weighted by molar-refractivity contribution is 7.98. The Bertz CT molecular complexity index is 934. The first-order chi connectivity index (χ1) is 14.7. The van der Waals surface area contributed by atoms with Crippen LogP contribution in [0.15, 0.2) is 77.7 Å². The summed E-state index contributed by atoms with van der Waals surface area (Å²) in [6.07, 6.45) is 4.44. The van der Waals surface area contributed by atoms with Crippen LogP contribution in [0.2, 0.25) is 5.02 Å². The second-order valence-corrected chi connectivity index (χ2v) is 9.16. The summed E-state index contributed by atoms with van der Waals surface area (Å²) in [5, 5.41) is 0.867. The van der Waals surface area contributed by atoms with Gasteiger partial charge in [0.2, 0.25) is 0 Å². The van der Waals surface area contributed by atoms with Gasteiger partial charge in [-0.1, -0.05) is 54.1 Å². The van der Waals surface area contributed by atoms with Gasteiger partial charge < -0.3 is 4.74 Å². The average Bonchev–Trinajstić information content (AvgIpc) is 2.80. The lowest BCUT2D eigenvalue weighted by Gasteiger charge is -2.32. The molecule has 4 heteroatoms. The maximum atomic E-state index is 6.31. The number of hydrogen-bond acceptors (Lipinski definition) is 3. The van der Waals surface area contributed by atoms with Crippen LogP contribution in [0, 0.1) is 5.92 Å². The third-order valence-corrected chi connectivity index (χ3v) is 6.93. The van der Waals surface area contributed by atoms with Crippen molar-refractivity contribution in [2.45, 2.75) is 24.3 Å². The van der Waals surface area contributed by atoms with Crippen molar-refractivity contribution in [2.75, 3.05) is 26.0 Å². The zero-order valence-electron chi connectivity index (χ0n) is 17.4. The fraction of sp³-hybridized carbons (Fsp3) is 0.308. The monoisotopic (exact) mass is 437 g/mol. The number of nitrogens with zero attached hydrogens (tertiary/aromatic N) is 1. The molecule has 0 amide bonds. The number of hydrogen-bond donors (Lipinski definition) is 0. The average molecular weight is 438 g/mol. The molecule has 0 saturated carbocycles. The molecule has 0 spiro atoms. The fourth-order valence-corrected chi connectivity index (χ4v) is 4.52. The van der Waals surface area contributed by atoms with E-state index in [2.05, 4.69) is 71.8 Å². The largest absolute Gasteiger partial charge is 0.493 e. The summed E-state index contributed by atoms with van der Waals surface area (Å²) in [5.74, 6) is 1.57. The van der Waals surface area contributed by atoms with E-state index in [4.69, 9.17) is 16.3 Å². The van der Waals surface area contributed by atoms with Gasteiger partial charge in [0.25, 0.3) is 0 Å². The fourth-order valence-electron chi connectivity index (χ4n) is 3.92. The van der Waals surface area contributed by atoms with Crippen LogP contribution in [-0.4, -0.2) is 30.9 Å². The number of piperidine rings is 1. The van der Waals surface area contributed by atoms with E-state index in [-0.39, 0.29) is 0 Å². The van der Waals surface area contributed by atoms with Crippen LogP contribution in [0.3, 0.4) is 0 Å². The number of rotatable bonds is 7. The van der Waals surface area contributed by atoms with Crippen molar-refractivity contribution in [3.63, 3.8) is 0 Å². The summed E-state index contributed by atoms with van der Waals surface area (Å²) in [5.41, 5.74) is 3.69. The lowest BCUT2D eigenvalue weighted by molar-refractivity contribution is 0.137. The van der Waals surface area contributed by atoms with Crippen molar-refractivity contribution < 1.29 is 4.74 Å². The molecule has 3 aromatic rings. The van der Waals surface area contributed by atoms with E-state index in [1.807, 2.05) is 12.1 Å². The molecule has 0 aromatic heterocycles. The summed E-state index contributed by atoms with van der Waals surface area (Å²) < 4.78 is 6.10. The molecule has 1 aliphatic rings. The molecule has 2 nitrogen and oxygen atoms in total. The van der Waals surface area contributed by atoms with Crippen LogP contribution in [-0.2, 0) is 6.54 Å². The SMILES string of the molecule is CSc1ccc(-c2ccc(OCC3CCN(Cc4ccccc4Cl)CC3)cc2)cc1. The molecule has 1 aliphatic heterocycles. The molecule has 4 rings (SSSR count). The molecule has 0 bridgehead atoms. The zero-order valence-corrected chi connectivity index (χ0v) is 19.0. The molecule has 0 unspecified atom stereocenters. The minimum atomic E-state index is 0.617. The minimum absolute atomic E-state index is 0.617. The van der Waals surface area contributed by atoms with Gasteiger partial charge in [-0.15, -0.1) is 11.8 Å². The molecule has 0 radical (unpaired) electrons. The molecule has 0 N–H and O–H groups in total. The smallest absolute Gasteiger partial charge is 0.119 e. The van der Waals surface area contributed by atoms with Crippen molar-refractivity contribution in [3.8, 4) is 16.9 Å². The lowest BCUT2D eigenvalue weighted by atomic mass is 9.97. The Kier molecular flexibility index (Phi) is 7.37. The minimum Gasteiger partial charge on any atom is -0.493 e. The van der Waals surface area contributed by atoms with Crippen LogP contribution in [0.1, 0.15) is 18.4 Å². The highest BCUT2D eigenvalue weighted by Gasteiger charge is 2.20. The van der Waals surface area contributed by atoms with E-state index in [9.17, 15) is 0 Å². The summed E-state index contributed by atoms with van der Waals surface area (Å²) in [7, 11) is 0. The van der Waals surface area contributed by atoms with E-state index < -0.39 is 0 Å². The van der Waals surface area contributed by atoms with E-state index in [0.717, 1.165) is 37.0 Å². The van der Waals surface area contributed by atoms with Gasteiger partial charge in [0.05, 0.1) is 6.61 Å². The van der Waals surface area contributed by atoms with Crippen LogP contribution in [0.4, 0.5) is 0 Å². The first-order valence-electron chi connectivity index (χ1n) is 10.5. The molecular weight excluding hydrogens is 410 g/mol. The van der Waals surface area contributed by atoms with Gasteiger partial charge in [0.1, 0.15) is 5.75 Å². The number of benzene rings is 3. The maximum Gasteiger partial charge on any atom is 0.119 e. The second kappa shape index (κ2) is 10.4. The zero-order chi connectivity index (χ0) is 20.8. The number of halogens is 1. The van der Waals surface area contributed by atoms with Gasteiger partial charge in [-0.05, 0) is 85.1 Å². The Balaban J connectivity index is 1.24. The van der Waals surface area contributed by atoms with Gasteiger partial charge in [-0.2, -0.15) is 0 Å². The Morgan fingerprint density at radius 3 is 2.17 bits per heavy atom. The molecule has 30 heavy (non-hydrogen) atoms. The summed E-state index contributed by atoms with van der Waals surface area (Å²) in [4.78, 5) is 3.78. The first kappa shape index (κ1) is 21.3. The number of likely N-dealkylation sites (tertiary alicyclic amines) is 1. The first-order valence-corrected chi connectivity index (χ1v) is 12.1. The second-order valence-electron chi connectivity index (χ2n) is 7.87. The normalized spacial score (nSPS) is 15.3. The van der Waals surface area contributed by atoms with Crippen molar-refractivity contribution >= 4 is 23.4 Å². The number of thioether (sulfide) groups is 1. The summed E-state index contributed by atoms with van der Waals surface area (Å²) in [6, 6.07) is 25.3. The molecule has 3 aromatic carbocycles. The maximum absolute atomic E-state index is 6.31. The Labute approximate surface area is 189 Å². The van der Waals surface area contributed by atoms with Crippen LogP contribution < -0.4 is 4.74 Å². The molecule has 156 valence electrons. The van der Waals surface area contributed by atoms with Crippen molar-refractivity contribution in [3.05, 3.63) is 83.4 Å². The lowest BCUT2D eigenvalue weighted by Crippen LogP contribution is -2.35.